The minimum absolute atomic E-state index is 0.164. The first-order valence-corrected chi connectivity index (χ1v) is 9.63. The zero-order valence-electron chi connectivity index (χ0n) is 14.9. The van der Waals surface area contributed by atoms with Crippen molar-refractivity contribution in [2.45, 2.75) is 6.54 Å². The summed E-state index contributed by atoms with van der Waals surface area (Å²) in [6.07, 6.45) is 1.68. The van der Waals surface area contributed by atoms with Crippen molar-refractivity contribution in [2.75, 3.05) is 0 Å². The topological polar surface area (TPSA) is 55.1 Å². The molecular weight excluding hydrogens is 416 g/mol. The minimum Gasteiger partial charge on any atom is -0.436 e. The number of rotatable bonds is 5. The Hall–Kier alpha value is -3.18. The second-order valence-corrected chi connectivity index (χ2v) is 7.17. The molecule has 1 amide bonds. The molecule has 5 heteroatoms. The lowest BCUT2D eigenvalue weighted by molar-refractivity contribution is 0.0951. The molecule has 0 spiro atoms. The maximum atomic E-state index is 12.7. The molecule has 0 atom stereocenters. The molecular formula is C23H17BrN2O2. The molecule has 138 valence electrons. The van der Waals surface area contributed by atoms with E-state index in [1.807, 2.05) is 72.8 Å². The van der Waals surface area contributed by atoms with Gasteiger partial charge in [0.2, 0.25) is 5.89 Å². The Morgan fingerprint density at radius 2 is 1.64 bits per heavy atom. The Balaban J connectivity index is 1.58. The number of amides is 1. The number of halogens is 1. The summed E-state index contributed by atoms with van der Waals surface area (Å²) in [4.78, 5) is 17.1. The summed E-state index contributed by atoms with van der Waals surface area (Å²) < 4.78 is 6.94. The molecule has 0 aliphatic heterocycles. The fourth-order valence-corrected chi connectivity index (χ4v) is 3.15. The highest BCUT2D eigenvalue weighted by atomic mass is 79.9. The third kappa shape index (κ3) is 4.05. The molecule has 0 fully saturated rings. The van der Waals surface area contributed by atoms with Gasteiger partial charge in [-0.05, 0) is 29.8 Å². The van der Waals surface area contributed by atoms with Crippen LogP contribution in [0.25, 0.3) is 22.8 Å². The van der Waals surface area contributed by atoms with Gasteiger partial charge in [-0.2, -0.15) is 0 Å². The van der Waals surface area contributed by atoms with Gasteiger partial charge in [0.25, 0.3) is 5.91 Å². The summed E-state index contributed by atoms with van der Waals surface area (Å²) in [5.41, 5.74) is 3.16. The van der Waals surface area contributed by atoms with Crippen LogP contribution in [0.5, 0.6) is 0 Å². The third-order valence-electron chi connectivity index (χ3n) is 4.33. The molecule has 0 bridgehead atoms. The van der Waals surface area contributed by atoms with Gasteiger partial charge in [0, 0.05) is 22.1 Å². The van der Waals surface area contributed by atoms with Crippen molar-refractivity contribution in [3.63, 3.8) is 0 Å². The molecule has 0 saturated carbocycles. The van der Waals surface area contributed by atoms with Crippen LogP contribution in [0, 0.1) is 0 Å². The fourth-order valence-electron chi connectivity index (χ4n) is 2.89. The first kappa shape index (κ1) is 18.2. The van der Waals surface area contributed by atoms with Gasteiger partial charge in [0.15, 0.2) is 5.76 Å². The Morgan fingerprint density at radius 1 is 0.929 bits per heavy atom. The Labute approximate surface area is 171 Å². The molecule has 4 aromatic rings. The van der Waals surface area contributed by atoms with Gasteiger partial charge in [0.05, 0.1) is 11.8 Å². The lowest BCUT2D eigenvalue weighted by atomic mass is 10.1. The average Bonchev–Trinajstić information content (AvgIpc) is 3.23. The van der Waals surface area contributed by atoms with Crippen LogP contribution in [-0.4, -0.2) is 10.9 Å². The van der Waals surface area contributed by atoms with Crippen LogP contribution in [0.15, 0.2) is 93.9 Å². The van der Waals surface area contributed by atoms with Gasteiger partial charge >= 0.3 is 0 Å². The molecule has 0 unspecified atom stereocenters. The van der Waals surface area contributed by atoms with Gasteiger partial charge in [-0.1, -0.05) is 70.5 Å². The van der Waals surface area contributed by atoms with E-state index < -0.39 is 0 Å². The number of nitrogens with zero attached hydrogens (tertiary/aromatic N) is 1. The lowest BCUT2D eigenvalue weighted by Gasteiger charge is -2.08. The standard InChI is InChI=1S/C23H17BrN2O2/c24-18-12-10-17(11-13-18)21-15-26-23(28-21)20-9-5-4-8-19(20)22(27)25-14-16-6-2-1-3-7-16/h1-13,15H,14H2,(H,25,27). The summed E-state index contributed by atoms with van der Waals surface area (Å²) >= 11 is 3.43. The monoisotopic (exact) mass is 432 g/mol. The van der Waals surface area contributed by atoms with E-state index in [0.29, 0.717) is 29.3 Å². The number of oxazole rings is 1. The van der Waals surface area contributed by atoms with Gasteiger partial charge in [0.1, 0.15) is 0 Å². The summed E-state index contributed by atoms with van der Waals surface area (Å²) in [5.74, 6) is 0.910. The van der Waals surface area contributed by atoms with E-state index in [-0.39, 0.29) is 5.91 Å². The third-order valence-corrected chi connectivity index (χ3v) is 4.86. The fraction of sp³-hybridized carbons (Fsp3) is 0.0435. The molecule has 1 aromatic heterocycles. The van der Waals surface area contributed by atoms with E-state index in [0.717, 1.165) is 15.6 Å². The second kappa shape index (κ2) is 8.23. The van der Waals surface area contributed by atoms with Crippen molar-refractivity contribution in [3.05, 3.63) is 101 Å². The van der Waals surface area contributed by atoms with Crippen molar-refractivity contribution >= 4 is 21.8 Å². The Kier molecular flexibility index (Phi) is 5.35. The highest BCUT2D eigenvalue weighted by Crippen LogP contribution is 2.29. The van der Waals surface area contributed by atoms with Crippen molar-refractivity contribution in [1.82, 2.24) is 10.3 Å². The number of hydrogen-bond donors (Lipinski definition) is 1. The SMILES string of the molecule is O=C(NCc1ccccc1)c1ccccc1-c1ncc(-c2ccc(Br)cc2)o1. The van der Waals surface area contributed by atoms with Crippen molar-refractivity contribution in [2.24, 2.45) is 0 Å². The second-order valence-electron chi connectivity index (χ2n) is 6.25. The maximum absolute atomic E-state index is 12.7. The maximum Gasteiger partial charge on any atom is 0.252 e. The van der Waals surface area contributed by atoms with Crippen LogP contribution >= 0.6 is 15.9 Å². The summed E-state index contributed by atoms with van der Waals surface area (Å²) in [6, 6.07) is 24.9. The normalized spacial score (nSPS) is 10.6. The molecule has 0 aliphatic carbocycles. The molecule has 0 aliphatic rings. The summed E-state index contributed by atoms with van der Waals surface area (Å²) in [7, 11) is 0. The van der Waals surface area contributed by atoms with E-state index >= 15 is 0 Å². The number of carbonyl (C=O) groups excluding carboxylic acids is 1. The van der Waals surface area contributed by atoms with E-state index in [2.05, 4.69) is 26.2 Å². The van der Waals surface area contributed by atoms with Gasteiger partial charge in [-0.15, -0.1) is 0 Å². The van der Waals surface area contributed by atoms with Crippen LogP contribution in [0.3, 0.4) is 0 Å². The van der Waals surface area contributed by atoms with Crippen LogP contribution < -0.4 is 5.32 Å². The van der Waals surface area contributed by atoms with E-state index in [9.17, 15) is 4.79 Å². The summed E-state index contributed by atoms with van der Waals surface area (Å²) in [5, 5.41) is 2.96. The predicted octanol–water partition coefficient (Wildman–Crippen LogP) is 5.70. The quantitative estimate of drug-likeness (QED) is 0.439. The van der Waals surface area contributed by atoms with Crippen LogP contribution in [0.1, 0.15) is 15.9 Å². The molecule has 3 aromatic carbocycles. The molecule has 1 N–H and O–H groups in total. The zero-order chi connectivity index (χ0) is 19.3. The molecule has 0 radical (unpaired) electrons. The van der Waals surface area contributed by atoms with E-state index in [1.54, 1.807) is 12.3 Å². The predicted molar refractivity (Wildman–Crippen MR) is 113 cm³/mol. The Morgan fingerprint density at radius 3 is 2.43 bits per heavy atom. The van der Waals surface area contributed by atoms with Crippen molar-refractivity contribution in [1.29, 1.82) is 0 Å². The van der Waals surface area contributed by atoms with Gasteiger partial charge < -0.3 is 9.73 Å². The largest absolute Gasteiger partial charge is 0.436 e. The van der Waals surface area contributed by atoms with Crippen LogP contribution in [0.2, 0.25) is 0 Å². The Bertz CT molecular complexity index is 1090. The minimum atomic E-state index is -0.164. The number of aromatic nitrogens is 1. The highest BCUT2D eigenvalue weighted by Gasteiger charge is 2.16. The molecule has 4 nitrogen and oxygen atoms in total. The van der Waals surface area contributed by atoms with E-state index in [1.165, 1.54) is 0 Å². The summed E-state index contributed by atoms with van der Waals surface area (Å²) in [6.45, 7) is 0.462. The molecule has 1 heterocycles. The molecule has 28 heavy (non-hydrogen) atoms. The van der Waals surface area contributed by atoms with Gasteiger partial charge in [-0.3, -0.25) is 4.79 Å². The lowest BCUT2D eigenvalue weighted by Crippen LogP contribution is -2.23. The van der Waals surface area contributed by atoms with Crippen LogP contribution in [0.4, 0.5) is 0 Å². The number of hydrogen-bond acceptors (Lipinski definition) is 3. The first-order chi connectivity index (χ1) is 13.7. The molecule has 0 saturated heterocycles. The number of carbonyl (C=O) groups is 1. The highest BCUT2D eigenvalue weighted by molar-refractivity contribution is 9.10. The van der Waals surface area contributed by atoms with Crippen LogP contribution in [-0.2, 0) is 6.54 Å². The van der Waals surface area contributed by atoms with Crippen molar-refractivity contribution in [3.8, 4) is 22.8 Å². The zero-order valence-corrected chi connectivity index (χ0v) is 16.5. The van der Waals surface area contributed by atoms with E-state index in [4.69, 9.17) is 4.42 Å². The van der Waals surface area contributed by atoms with Crippen molar-refractivity contribution < 1.29 is 9.21 Å². The van der Waals surface area contributed by atoms with Gasteiger partial charge in [-0.25, -0.2) is 4.98 Å². The first-order valence-electron chi connectivity index (χ1n) is 8.84. The smallest absolute Gasteiger partial charge is 0.252 e. The number of nitrogens with one attached hydrogen (secondary N) is 1. The molecule has 4 rings (SSSR count). The number of benzene rings is 3. The average molecular weight is 433 g/mol.